The second-order valence-corrected chi connectivity index (χ2v) is 7.29. The molecule has 2 heterocycles. The van der Waals surface area contributed by atoms with E-state index in [1.54, 1.807) is 32.9 Å². The van der Waals surface area contributed by atoms with Crippen LogP contribution in [0.4, 0.5) is 9.18 Å². The van der Waals surface area contributed by atoms with E-state index in [0.29, 0.717) is 9.80 Å². The first-order chi connectivity index (χ1) is 12.1. The molecule has 1 aromatic rings. The van der Waals surface area contributed by atoms with Crippen LogP contribution in [0.25, 0.3) is 0 Å². The lowest BCUT2D eigenvalue weighted by atomic mass is 10.0. The zero-order valence-corrected chi connectivity index (χ0v) is 14.7. The zero-order chi connectivity index (χ0) is 19.3. The predicted octanol–water partition coefficient (Wildman–Crippen LogP) is 2.51. The molecule has 1 fully saturated rings. The summed E-state index contributed by atoms with van der Waals surface area (Å²) in [5.41, 5.74) is -0.794. The van der Waals surface area contributed by atoms with Crippen LogP contribution in [0, 0.1) is 0 Å². The molecule has 138 valence electrons. The van der Waals surface area contributed by atoms with Crippen molar-refractivity contribution in [3.63, 3.8) is 0 Å². The third-order valence-corrected chi connectivity index (χ3v) is 4.23. The lowest BCUT2D eigenvalue weighted by Crippen LogP contribution is -2.63. The molecule has 1 aromatic carbocycles. The molecular formula is C18H19FN2O5. The molecule has 2 aliphatic rings. The van der Waals surface area contributed by atoms with Crippen molar-refractivity contribution in [1.29, 1.82) is 0 Å². The Balaban J connectivity index is 1.93. The highest BCUT2D eigenvalue weighted by molar-refractivity contribution is 6.23. The minimum absolute atomic E-state index is 0.0386. The first kappa shape index (κ1) is 18.0. The zero-order valence-electron chi connectivity index (χ0n) is 14.7. The molecular weight excluding hydrogens is 343 g/mol. The van der Waals surface area contributed by atoms with Gasteiger partial charge in [0.05, 0.1) is 11.1 Å². The van der Waals surface area contributed by atoms with E-state index in [-0.39, 0.29) is 30.5 Å². The molecule has 1 saturated heterocycles. The molecule has 8 heteroatoms. The molecule has 0 saturated carbocycles. The molecule has 0 unspecified atom stereocenters. The second-order valence-electron chi connectivity index (χ2n) is 7.29. The fourth-order valence-electron chi connectivity index (χ4n) is 3.10. The molecule has 26 heavy (non-hydrogen) atoms. The maximum atomic E-state index is 15.7. The van der Waals surface area contributed by atoms with Crippen molar-refractivity contribution in [2.24, 2.45) is 0 Å². The van der Waals surface area contributed by atoms with E-state index >= 15 is 4.39 Å². The number of rotatable bonds is 1. The number of imide groups is 2. The summed E-state index contributed by atoms with van der Waals surface area (Å²) in [6.07, 6.45) is -1.26. The Morgan fingerprint density at radius 2 is 1.65 bits per heavy atom. The summed E-state index contributed by atoms with van der Waals surface area (Å²) in [6.45, 7) is 4.81. The number of carbonyl (C=O) groups excluding carboxylic acids is 4. The molecule has 3 rings (SSSR count). The van der Waals surface area contributed by atoms with Crippen molar-refractivity contribution < 1.29 is 28.3 Å². The van der Waals surface area contributed by atoms with Crippen LogP contribution in [-0.4, -0.2) is 51.6 Å². The van der Waals surface area contributed by atoms with Crippen LogP contribution in [0.15, 0.2) is 24.3 Å². The van der Waals surface area contributed by atoms with E-state index in [2.05, 4.69) is 0 Å². The third-order valence-electron chi connectivity index (χ3n) is 4.23. The van der Waals surface area contributed by atoms with E-state index in [4.69, 9.17) is 4.74 Å². The minimum atomic E-state index is -2.91. The molecule has 2 aliphatic heterocycles. The highest BCUT2D eigenvalue weighted by Crippen LogP contribution is 2.37. The number of hydrogen-bond acceptors (Lipinski definition) is 5. The normalized spacial score (nSPS) is 23.3. The lowest BCUT2D eigenvalue weighted by Gasteiger charge is -2.39. The average Bonchev–Trinajstić information content (AvgIpc) is 2.81. The number of nitrogens with zero attached hydrogens (tertiary/aromatic N) is 2. The Hall–Kier alpha value is -2.77. The van der Waals surface area contributed by atoms with Crippen LogP contribution in [0.5, 0.6) is 0 Å². The largest absolute Gasteiger partial charge is 0.443 e. The summed E-state index contributed by atoms with van der Waals surface area (Å²) in [7, 11) is 0. The maximum Gasteiger partial charge on any atom is 0.417 e. The van der Waals surface area contributed by atoms with Crippen LogP contribution < -0.4 is 0 Å². The van der Waals surface area contributed by atoms with E-state index in [1.165, 1.54) is 12.1 Å². The average molecular weight is 362 g/mol. The Morgan fingerprint density at radius 1 is 1.12 bits per heavy atom. The Morgan fingerprint density at radius 3 is 2.15 bits per heavy atom. The van der Waals surface area contributed by atoms with E-state index < -0.39 is 35.2 Å². The standard InChI is InChI=1S/C18H19FN2O5/c1-17(2,3)26-16(25)20-10-6-9-18(19,15(20)24)21-13(22)11-7-4-5-8-12(11)14(21)23/h4-5,7-8H,6,9-10H2,1-3H3/t18-/m0/s1. The van der Waals surface area contributed by atoms with Gasteiger partial charge < -0.3 is 4.74 Å². The Bertz CT molecular complexity index is 781. The quantitative estimate of drug-likeness (QED) is 0.566. The number of carbonyl (C=O) groups is 4. The summed E-state index contributed by atoms with van der Waals surface area (Å²) in [6, 6.07) is 5.90. The number of likely N-dealkylation sites (tertiary alicyclic amines) is 1. The molecule has 0 spiro atoms. The minimum Gasteiger partial charge on any atom is -0.443 e. The van der Waals surface area contributed by atoms with E-state index in [0.717, 1.165) is 0 Å². The fraction of sp³-hybridized carbons (Fsp3) is 0.444. The second kappa shape index (κ2) is 5.89. The van der Waals surface area contributed by atoms with Crippen LogP contribution in [0.1, 0.15) is 54.3 Å². The van der Waals surface area contributed by atoms with Gasteiger partial charge in [-0.15, -0.1) is 0 Å². The van der Waals surface area contributed by atoms with Gasteiger partial charge in [-0.3, -0.25) is 14.4 Å². The summed E-state index contributed by atoms with van der Waals surface area (Å²) in [4.78, 5) is 51.0. The van der Waals surface area contributed by atoms with Gasteiger partial charge in [0.25, 0.3) is 23.5 Å². The van der Waals surface area contributed by atoms with Crippen molar-refractivity contribution in [2.75, 3.05) is 6.54 Å². The van der Waals surface area contributed by atoms with Gasteiger partial charge in [-0.25, -0.2) is 19.0 Å². The van der Waals surface area contributed by atoms with Gasteiger partial charge in [0, 0.05) is 13.0 Å². The van der Waals surface area contributed by atoms with Gasteiger partial charge in [-0.1, -0.05) is 12.1 Å². The molecule has 0 aromatic heterocycles. The predicted molar refractivity (Wildman–Crippen MR) is 88.0 cm³/mol. The van der Waals surface area contributed by atoms with Crippen LogP contribution in [0.3, 0.4) is 0 Å². The molecule has 1 atom stereocenters. The number of amides is 4. The summed E-state index contributed by atoms with van der Waals surface area (Å²) < 4.78 is 20.8. The van der Waals surface area contributed by atoms with Gasteiger partial charge in [-0.2, -0.15) is 0 Å². The first-order valence-corrected chi connectivity index (χ1v) is 8.28. The molecule has 0 bridgehead atoms. The smallest absolute Gasteiger partial charge is 0.417 e. The monoisotopic (exact) mass is 362 g/mol. The van der Waals surface area contributed by atoms with Gasteiger partial charge in [0.1, 0.15) is 5.60 Å². The number of benzene rings is 1. The third kappa shape index (κ3) is 2.75. The van der Waals surface area contributed by atoms with Gasteiger partial charge >= 0.3 is 6.09 Å². The number of ether oxygens (including phenoxy) is 1. The first-order valence-electron chi connectivity index (χ1n) is 8.28. The van der Waals surface area contributed by atoms with Crippen LogP contribution >= 0.6 is 0 Å². The topological polar surface area (TPSA) is 84.0 Å². The number of hydrogen-bond donors (Lipinski definition) is 0. The lowest BCUT2D eigenvalue weighted by molar-refractivity contribution is -0.157. The Kier molecular flexibility index (Phi) is 4.09. The number of fused-ring (bicyclic) bond motifs is 1. The summed E-state index contributed by atoms with van der Waals surface area (Å²) in [5, 5.41) is 0. The highest BCUT2D eigenvalue weighted by Gasteiger charge is 2.58. The van der Waals surface area contributed by atoms with Gasteiger partial charge in [0.2, 0.25) is 0 Å². The number of halogens is 1. The van der Waals surface area contributed by atoms with Crippen LogP contribution in [-0.2, 0) is 9.53 Å². The van der Waals surface area contributed by atoms with Gasteiger partial charge in [0.15, 0.2) is 0 Å². The fourth-order valence-corrected chi connectivity index (χ4v) is 3.10. The SMILES string of the molecule is CC(C)(C)OC(=O)N1CCC[C@](F)(N2C(=O)c3ccccc3C2=O)C1=O. The summed E-state index contributed by atoms with van der Waals surface area (Å²) in [5.74, 6) is -5.94. The molecule has 0 aliphatic carbocycles. The maximum absolute atomic E-state index is 15.7. The molecule has 0 N–H and O–H groups in total. The van der Waals surface area contributed by atoms with Crippen LogP contribution in [0.2, 0.25) is 0 Å². The Labute approximate surface area is 149 Å². The highest BCUT2D eigenvalue weighted by atomic mass is 19.1. The number of piperidine rings is 1. The molecule has 7 nitrogen and oxygen atoms in total. The molecule has 0 radical (unpaired) electrons. The van der Waals surface area contributed by atoms with Gasteiger partial charge in [-0.05, 0) is 39.3 Å². The van der Waals surface area contributed by atoms with Crippen molar-refractivity contribution >= 4 is 23.8 Å². The number of alkyl halides is 1. The molecule has 4 amide bonds. The van der Waals surface area contributed by atoms with Crippen molar-refractivity contribution in [3.05, 3.63) is 35.4 Å². The van der Waals surface area contributed by atoms with E-state index in [9.17, 15) is 19.2 Å². The van der Waals surface area contributed by atoms with E-state index in [1.807, 2.05) is 0 Å². The van der Waals surface area contributed by atoms with Crippen molar-refractivity contribution in [3.8, 4) is 0 Å². The summed E-state index contributed by atoms with van der Waals surface area (Å²) >= 11 is 0. The van der Waals surface area contributed by atoms with Crippen molar-refractivity contribution in [2.45, 2.75) is 45.0 Å². The van der Waals surface area contributed by atoms with Crippen molar-refractivity contribution in [1.82, 2.24) is 9.80 Å².